The van der Waals surface area contributed by atoms with Gasteiger partial charge in [-0.1, -0.05) is 0 Å². The molecular formula is C16H24N2O2. The van der Waals surface area contributed by atoms with E-state index in [-0.39, 0.29) is 11.9 Å². The molecule has 2 rings (SSSR count). The smallest absolute Gasteiger partial charge is 0.244 e. The molecule has 1 N–H and O–H groups in total. The number of carbonyl (C=O) groups is 1. The molecule has 1 unspecified atom stereocenters. The van der Waals surface area contributed by atoms with Crippen molar-refractivity contribution in [3.8, 4) is 5.75 Å². The zero-order valence-corrected chi connectivity index (χ0v) is 12.6. The van der Waals surface area contributed by atoms with Crippen LogP contribution >= 0.6 is 0 Å². The first-order valence-electron chi connectivity index (χ1n) is 7.32. The highest BCUT2D eigenvalue weighted by Crippen LogP contribution is 2.22. The second-order valence-electron chi connectivity index (χ2n) is 5.44. The fourth-order valence-electron chi connectivity index (χ4n) is 2.67. The predicted molar refractivity (Wildman–Crippen MR) is 81.2 cm³/mol. The molecule has 0 spiro atoms. The Morgan fingerprint density at radius 3 is 2.60 bits per heavy atom. The predicted octanol–water partition coefficient (Wildman–Crippen LogP) is 2.82. The fraction of sp³-hybridized carbons (Fsp3) is 0.562. The minimum absolute atomic E-state index is 0.193. The van der Waals surface area contributed by atoms with Crippen LogP contribution in [0, 0.1) is 6.92 Å². The van der Waals surface area contributed by atoms with Crippen LogP contribution in [0.4, 0.5) is 5.69 Å². The van der Waals surface area contributed by atoms with E-state index >= 15 is 0 Å². The summed E-state index contributed by atoms with van der Waals surface area (Å²) >= 11 is 0. The Morgan fingerprint density at radius 1 is 1.30 bits per heavy atom. The van der Waals surface area contributed by atoms with E-state index in [1.807, 2.05) is 36.9 Å². The van der Waals surface area contributed by atoms with E-state index in [4.69, 9.17) is 4.74 Å². The Balaban J connectivity index is 1.98. The average Bonchev–Trinajstić information content (AvgIpc) is 2.47. The quantitative estimate of drug-likeness (QED) is 0.919. The minimum atomic E-state index is -0.194. The van der Waals surface area contributed by atoms with E-state index in [0.717, 1.165) is 42.9 Å². The highest BCUT2D eigenvalue weighted by Gasteiger charge is 2.21. The van der Waals surface area contributed by atoms with Crippen molar-refractivity contribution in [3.05, 3.63) is 23.8 Å². The molecule has 0 aliphatic carbocycles. The van der Waals surface area contributed by atoms with Crippen molar-refractivity contribution in [2.45, 2.75) is 39.2 Å². The molecule has 0 aromatic heterocycles. The molecule has 1 aromatic rings. The Bertz CT molecular complexity index is 468. The van der Waals surface area contributed by atoms with Gasteiger partial charge < -0.3 is 15.0 Å². The van der Waals surface area contributed by atoms with Crippen molar-refractivity contribution in [2.24, 2.45) is 0 Å². The number of methoxy groups -OCH3 is 1. The topological polar surface area (TPSA) is 41.6 Å². The first-order chi connectivity index (χ1) is 9.61. The normalized spacial score (nSPS) is 16.6. The summed E-state index contributed by atoms with van der Waals surface area (Å²) in [4.78, 5) is 14.3. The van der Waals surface area contributed by atoms with Gasteiger partial charge in [-0.15, -0.1) is 0 Å². The lowest BCUT2D eigenvalue weighted by Crippen LogP contribution is -2.43. The van der Waals surface area contributed by atoms with Crippen molar-refractivity contribution < 1.29 is 9.53 Å². The molecule has 1 aliphatic rings. The Morgan fingerprint density at radius 2 is 2.00 bits per heavy atom. The van der Waals surface area contributed by atoms with Crippen LogP contribution in [0.15, 0.2) is 18.2 Å². The van der Waals surface area contributed by atoms with Crippen LogP contribution in [0.25, 0.3) is 0 Å². The van der Waals surface area contributed by atoms with Gasteiger partial charge in [-0.2, -0.15) is 0 Å². The molecule has 0 radical (unpaired) electrons. The van der Waals surface area contributed by atoms with E-state index < -0.39 is 0 Å². The van der Waals surface area contributed by atoms with Crippen molar-refractivity contribution >= 4 is 11.6 Å². The van der Waals surface area contributed by atoms with Crippen LogP contribution < -0.4 is 10.1 Å². The first kappa shape index (κ1) is 14.7. The molecule has 1 atom stereocenters. The summed E-state index contributed by atoms with van der Waals surface area (Å²) < 4.78 is 5.24. The van der Waals surface area contributed by atoms with E-state index in [1.165, 1.54) is 6.42 Å². The first-order valence-corrected chi connectivity index (χ1v) is 7.32. The highest BCUT2D eigenvalue weighted by atomic mass is 16.5. The highest BCUT2D eigenvalue weighted by molar-refractivity contribution is 5.84. The molecule has 110 valence electrons. The lowest BCUT2D eigenvalue weighted by Gasteiger charge is -2.29. The third kappa shape index (κ3) is 3.44. The standard InChI is InChI=1S/C16H24N2O2/c1-12-11-14(7-8-15(12)20-3)17-13(2)16(19)18-9-5-4-6-10-18/h7-8,11,13,17H,4-6,9-10H2,1-3H3. The second kappa shape index (κ2) is 6.64. The van der Waals surface area contributed by atoms with Crippen molar-refractivity contribution in [2.75, 3.05) is 25.5 Å². The molecule has 4 heteroatoms. The molecule has 0 bridgehead atoms. The second-order valence-corrected chi connectivity index (χ2v) is 5.44. The zero-order valence-electron chi connectivity index (χ0n) is 12.6. The Hall–Kier alpha value is -1.71. The van der Waals surface area contributed by atoms with Gasteiger partial charge in [0.1, 0.15) is 11.8 Å². The largest absolute Gasteiger partial charge is 0.496 e. The maximum Gasteiger partial charge on any atom is 0.244 e. The van der Waals surface area contributed by atoms with Gasteiger partial charge in [0.15, 0.2) is 0 Å². The number of aryl methyl sites for hydroxylation is 1. The molecule has 1 aromatic carbocycles. The summed E-state index contributed by atoms with van der Waals surface area (Å²) in [6.45, 7) is 5.72. The van der Waals surface area contributed by atoms with Crippen molar-refractivity contribution in [1.82, 2.24) is 4.90 Å². The van der Waals surface area contributed by atoms with E-state index in [1.54, 1.807) is 7.11 Å². The number of nitrogens with one attached hydrogen (secondary N) is 1. The summed E-state index contributed by atoms with van der Waals surface area (Å²) in [5.41, 5.74) is 2.02. The van der Waals surface area contributed by atoms with Gasteiger partial charge >= 0.3 is 0 Å². The number of piperidine rings is 1. The third-order valence-electron chi connectivity index (χ3n) is 3.82. The van der Waals surface area contributed by atoms with Gasteiger partial charge in [-0.3, -0.25) is 4.79 Å². The van der Waals surface area contributed by atoms with Gasteiger partial charge in [0, 0.05) is 18.8 Å². The Labute approximate surface area is 121 Å². The number of anilines is 1. The van der Waals surface area contributed by atoms with Gasteiger partial charge in [0.05, 0.1) is 7.11 Å². The number of nitrogens with zero attached hydrogens (tertiary/aromatic N) is 1. The van der Waals surface area contributed by atoms with Gasteiger partial charge in [0.2, 0.25) is 5.91 Å². The van der Waals surface area contributed by atoms with E-state index in [9.17, 15) is 4.79 Å². The SMILES string of the molecule is COc1ccc(NC(C)C(=O)N2CCCCC2)cc1C. The monoisotopic (exact) mass is 276 g/mol. The molecule has 1 fully saturated rings. The molecule has 20 heavy (non-hydrogen) atoms. The maximum atomic E-state index is 12.3. The van der Waals surface area contributed by atoms with E-state index in [0.29, 0.717) is 0 Å². The summed E-state index contributed by atoms with van der Waals surface area (Å²) in [6, 6.07) is 5.70. The van der Waals surface area contributed by atoms with Crippen LogP contribution in [0.3, 0.4) is 0 Å². The average molecular weight is 276 g/mol. The summed E-state index contributed by atoms with van der Waals surface area (Å²) in [6.07, 6.45) is 3.49. The van der Waals surface area contributed by atoms with Crippen molar-refractivity contribution in [1.29, 1.82) is 0 Å². The molecule has 1 aliphatic heterocycles. The van der Waals surface area contributed by atoms with Crippen molar-refractivity contribution in [3.63, 3.8) is 0 Å². The fourth-order valence-corrected chi connectivity index (χ4v) is 2.67. The maximum absolute atomic E-state index is 12.3. The Kier molecular flexibility index (Phi) is 4.88. The number of carbonyl (C=O) groups excluding carboxylic acids is 1. The van der Waals surface area contributed by atoms with Crippen LogP contribution in [0.2, 0.25) is 0 Å². The summed E-state index contributed by atoms with van der Waals surface area (Å²) in [5.74, 6) is 1.06. The number of likely N-dealkylation sites (tertiary alicyclic amines) is 1. The molecule has 1 saturated heterocycles. The van der Waals surface area contributed by atoms with Gasteiger partial charge in [-0.25, -0.2) is 0 Å². The molecular weight excluding hydrogens is 252 g/mol. The van der Waals surface area contributed by atoms with Crippen LogP contribution in [0.5, 0.6) is 5.75 Å². The number of amides is 1. The minimum Gasteiger partial charge on any atom is -0.496 e. The zero-order chi connectivity index (χ0) is 14.5. The summed E-state index contributed by atoms with van der Waals surface area (Å²) in [7, 11) is 1.66. The van der Waals surface area contributed by atoms with Gasteiger partial charge in [0.25, 0.3) is 0 Å². The van der Waals surface area contributed by atoms with Gasteiger partial charge in [-0.05, 0) is 56.9 Å². The molecule has 4 nitrogen and oxygen atoms in total. The van der Waals surface area contributed by atoms with Crippen LogP contribution in [-0.4, -0.2) is 37.0 Å². The van der Waals surface area contributed by atoms with E-state index in [2.05, 4.69) is 5.32 Å². The number of hydrogen-bond acceptors (Lipinski definition) is 3. The summed E-state index contributed by atoms with van der Waals surface area (Å²) in [5, 5.41) is 3.28. The number of ether oxygens (including phenoxy) is 1. The lowest BCUT2D eigenvalue weighted by atomic mass is 10.1. The molecule has 0 saturated carbocycles. The van der Waals surface area contributed by atoms with Crippen LogP contribution in [0.1, 0.15) is 31.7 Å². The lowest BCUT2D eigenvalue weighted by molar-refractivity contribution is -0.132. The number of rotatable bonds is 4. The van der Waals surface area contributed by atoms with Crippen LogP contribution in [-0.2, 0) is 4.79 Å². The number of hydrogen-bond donors (Lipinski definition) is 1. The molecule has 1 heterocycles. The third-order valence-corrected chi connectivity index (χ3v) is 3.82. The number of benzene rings is 1. The molecule has 1 amide bonds.